The molecule has 2 heterocycles. The molecule has 0 bridgehead atoms. The van der Waals surface area contributed by atoms with Crippen molar-refractivity contribution in [1.82, 2.24) is 25.1 Å². The van der Waals surface area contributed by atoms with E-state index in [0.717, 1.165) is 31.9 Å². The maximum atomic E-state index is 10.6. The van der Waals surface area contributed by atoms with Crippen LogP contribution in [0.1, 0.15) is 18.4 Å². The van der Waals surface area contributed by atoms with Crippen LogP contribution in [0, 0.1) is 11.8 Å². The van der Waals surface area contributed by atoms with Gasteiger partial charge in [0.2, 0.25) is 5.95 Å². The highest BCUT2D eigenvalue weighted by molar-refractivity contribution is 5.63. The number of tetrazole rings is 1. The molecule has 0 amide bonds. The number of likely N-dealkylation sites (N-methyl/N-ethyl adjacent to an activating group) is 1. The lowest BCUT2D eigenvalue weighted by Crippen LogP contribution is -2.46. The van der Waals surface area contributed by atoms with Crippen LogP contribution in [-0.2, 0) is 6.54 Å². The number of fused-ring (bicyclic) bond motifs is 1. The molecule has 0 spiro atoms. The normalized spacial score (nSPS) is 25.7. The summed E-state index contributed by atoms with van der Waals surface area (Å²) in [6.07, 6.45) is 1.63. The molecule has 2 aliphatic rings. The lowest BCUT2D eigenvalue weighted by atomic mass is 9.77. The SMILES string of the molecule is CN(C)[C@@H]1C[C@@H]2CN(c3nnnn3Cc3ccc(-c4ccccc4)cc3)C[C@@H]2C[C@H]1O. The molecule has 1 aliphatic carbocycles. The van der Waals surface area contributed by atoms with E-state index >= 15 is 0 Å². The van der Waals surface area contributed by atoms with E-state index in [-0.39, 0.29) is 12.1 Å². The van der Waals surface area contributed by atoms with E-state index in [1.165, 1.54) is 16.7 Å². The van der Waals surface area contributed by atoms with Gasteiger partial charge < -0.3 is 14.9 Å². The first kappa shape index (κ1) is 20.2. The highest BCUT2D eigenvalue weighted by Gasteiger charge is 2.43. The molecule has 31 heavy (non-hydrogen) atoms. The Morgan fingerprint density at radius 3 is 2.32 bits per heavy atom. The Hall–Kier alpha value is -2.77. The van der Waals surface area contributed by atoms with Gasteiger partial charge in [0.15, 0.2) is 0 Å². The van der Waals surface area contributed by atoms with E-state index in [9.17, 15) is 5.11 Å². The quantitative estimate of drug-likeness (QED) is 0.687. The van der Waals surface area contributed by atoms with Gasteiger partial charge in [-0.05, 0) is 65.9 Å². The van der Waals surface area contributed by atoms with E-state index < -0.39 is 0 Å². The zero-order valence-electron chi connectivity index (χ0n) is 18.2. The van der Waals surface area contributed by atoms with Gasteiger partial charge in [0.05, 0.1) is 12.6 Å². The Bertz CT molecular complexity index is 1000. The van der Waals surface area contributed by atoms with Crippen LogP contribution in [0.4, 0.5) is 5.95 Å². The summed E-state index contributed by atoms with van der Waals surface area (Å²) in [5.41, 5.74) is 3.60. The number of aliphatic hydroxyl groups is 1. The van der Waals surface area contributed by atoms with Crippen LogP contribution >= 0.6 is 0 Å². The molecule has 3 aromatic rings. The van der Waals surface area contributed by atoms with Gasteiger partial charge in [0.25, 0.3) is 0 Å². The predicted molar refractivity (Wildman–Crippen MR) is 121 cm³/mol. The van der Waals surface area contributed by atoms with Crippen molar-refractivity contribution in [2.24, 2.45) is 11.8 Å². The summed E-state index contributed by atoms with van der Waals surface area (Å²) < 4.78 is 1.90. The number of aliphatic hydroxyl groups excluding tert-OH is 1. The highest BCUT2D eigenvalue weighted by Crippen LogP contribution is 2.39. The number of hydrogen-bond donors (Lipinski definition) is 1. The fourth-order valence-corrected chi connectivity index (χ4v) is 5.26. The van der Waals surface area contributed by atoms with Crippen LogP contribution in [0.2, 0.25) is 0 Å². The lowest BCUT2D eigenvalue weighted by molar-refractivity contribution is 0.00942. The van der Waals surface area contributed by atoms with Crippen LogP contribution in [0.25, 0.3) is 11.1 Å². The molecule has 4 atom stereocenters. The summed E-state index contributed by atoms with van der Waals surface area (Å²) in [6, 6.07) is 19.2. The number of nitrogens with zero attached hydrogens (tertiary/aromatic N) is 6. The number of rotatable bonds is 5. The molecule has 1 aromatic heterocycles. The average molecular weight is 419 g/mol. The van der Waals surface area contributed by atoms with Crippen molar-refractivity contribution in [1.29, 1.82) is 0 Å². The fraction of sp³-hybridized carbons (Fsp3) is 0.458. The Labute approximate surface area is 183 Å². The van der Waals surface area contributed by atoms with Crippen molar-refractivity contribution in [3.05, 3.63) is 60.2 Å². The van der Waals surface area contributed by atoms with Gasteiger partial charge in [-0.2, -0.15) is 0 Å². The van der Waals surface area contributed by atoms with Crippen molar-refractivity contribution in [2.45, 2.75) is 31.5 Å². The van der Waals surface area contributed by atoms with E-state index in [1.54, 1.807) is 0 Å². The summed E-state index contributed by atoms with van der Waals surface area (Å²) >= 11 is 0. The first-order valence-electron chi connectivity index (χ1n) is 11.1. The predicted octanol–water partition coefficient (Wildman–Crippen LogP) is 2.53. The molecular weight excluding hydrogens is 388 g/mol. The molecule has 0 unspecified atom stereocenters. The van der Waals surface area contributed by atoms with Gasteiger partial charge >= 0.3 is 0 Å². The third kappa shape index (κ3) is 4.07. The number of benzene rings is 2. The molecule has 2 aromatic carbocycles. The topological polar surface area (TPSA) is 70.3 Å². The molecule has 1 N–H and O–H groups in total. The van der Waals surface area contributed by atoms with Crippen LogP contribution < -0.4 is 4.90 Å². The molecule has 7 heteroatoms. The minimum atomic E-state index is -0.254. The Kier molecular flexibility index (Phi) is 5.46. The molecule has 1 saturated heterocycles. The molecule has 7 nitrogen and oxygen atoms in total. The Balaban J connectivity index is 1.29. The number of hydrogen-bond acceptors (Lipinski definition) is 6. The van der Waals surface area contributed by atoms with Gasteiger partial charge in [-0.25, -0.2) is 4.68 Å². The maximum absolute atomic E-state index is 10.6. The van der Waals surface area contributed by atoms with Crippen molar-refractivity contribution in [3.8, 4) is 11.1 Å². The molecule has 0 radical (unpaired) electrons. The van der Waals surface area contributed by atoms with Crippen LogP contribution in [0.5, 0.6) is 0 Å². The third-order valence-corrected chi connectivity index (χ3v) is 6.96. The summed E-state index contributed by atoms with van der Waals surface area (Å²) in [5, 5.41) is 23.1. The molecular formula is C24H30N6O. The third-order valence-electron chi connectivity index (χ3n) is 6.96. The lowest BCUT2D eigenvalue weighted by Gasteiger charge is -2.38. The first-order chi connectivity index (χ1) is 15.1. The average Bonchev–Trinajstić information content (AvgIpc) is 3.40. The van der Waals surface area contributed by atoms with Crippen molar-refractivity contribution >= 4 is 5.95 Å². The minimum absolute atomic E-state index is 0.236. The molecule has 2 fully saturated rings. The van der Waals surface area contributed by atoms with Gasteiger partial charge in [0, 0.05) is 19.1 Å². The van der Waals surface area contributed by atoms with Gasteiger partial charge in [-0.1, -0.05) is 59.7 Å². The van der Waals surface area contributed by atoms with E-state index in [0.29, 0.717) is 18.4 Å². The van der Waals surface area contributed by atoms with Gasteiger partial charge in [-0.15, -0.1) is 0 Å². The van der Waals surface area contributed by atoms with Crippen LogP contribution in [0.3, 0.4) is 0 Å². The Morgan fingerprint density at radius 1 is 0.935 bits per heavy atom. The summed E-state index contributed by atoms with van der Waals surface area (Å²) in [6.45, 7) is 2.51. The minimum Gasteiger partial charge on any atom is -0.391 e. The number of anilines is 1. The number of aromatic nitrogens is 4. The molecule has 1 aliphatic heterocycles. The zero-order chi connectivity index (χ0) is 21.4. The standard InChI is InChI=1S/C24H30N6O/c1-28(2)22-12-20-15-29(16-21(20)13-23(22)31)24-25-26-27-30(24)14-17-8-10-19(11-9-17)18-6-4-3-5-7-18/h3-11,20-23,31H,12-16H2,1-2H3/t20-,21+,22-,23-/m1/s1. The van der Waals surface area contributed by atoms with Gasteiger partial charge in [-0.3, -0.25) is 0 Å². The van der Waals surface area contributed by atoms with E-state index in [1.807, 2.05) is 10.7 Å². The van der Waals surface area contributed by atoms with Gasteiger partial charge in [0.1, 0.15) is 0 Å². The molecule has 162 valence electrons. The van der Waals surface area contributed by atoms with Crippen molar-refractivity contribution < 1.29 is 5.11 Å². The smallest absolute Gasteiger partial charge is 0.245 e. The van der Waals surface area contributed by atoms with Crippen molar-refractivity contribution in [3.63, 3.8) is 0 Å². The zero-order valence-corrected chi connectivity index (χ0v) is 18.2. The summed E-state index contributed by atoms with van der Waals surface area (Å²) in [7, 11) is 4.12. The Morgan fingerprint density at radius 2 is 1.61 bits per heavy atom. The molecule has 1 saturated carbocycles. The largest absolute Gasteiger partial charge is 0.391 e. The molecule has 5 rings (SSSR count). The fourth-order valence-electron chi connectivity index (χ4n) is 5.26. The van der Waals surface area contributed by atoms with Crippen molar-refractivity contribution in [2.75, 3.05) is 32.1 Å². The monoisotopic (exact) mass is 418 g/mol. The van der Waals surface area contributed by atoms with Crippen LogP contribution in [-0.4, -0.2) is 69.5 Å². The second-order valence-corrected chi connectivity index (χ2v) is 9.19. The summed E-state index contributed by atoms with van der Waals surface area (Å²) in [4.78, 5) is 4.46. The first-order valence-corrected chi connectivity index (χ1v) is 11.1. The van der Waals surface area contributed by atoms with E-state index in [4.69, 9.17) is 0 Å². The second kappa shape index (κ2) is 8.40. The maximum Gasteiger partial charge on any atom is 0.245 e. The van der Waals surface area contributed by atoms with Crippen LogP contribution in [0.15, 0.2) is 54.6 Å². The van der Waals surface area contributed by atoms with E-state index in [2.05, 4.69) is 88.0 Å². The second-order valence-electron chi connectivity index (χ2n) is 9.19. The summed E-state index contributed by atoms with van der Waals surface area (Å²) in [5.74, 6) is 1.91. The highest BCUT2D eigenvalue weighted by atomic mass is 16.3.